The van der Waals surface area contributed by atoms with Gasteiger partial charge < -0.3 is 15.2 Å². The third kappa shape index (κ3) is 5.20. The third-order valence-corrected chi connectivity index (χ3v) is 4.20. The maximum Gasteiger partial charge on any atom is 0.123 e. The highest BCUT2D eigenvalue weighted by Gasteiger charge is 2.23. The summed E-state index contributed by atoms with van der Waals surface area (Å²) in [7, 11) is 0. The smallest absolute Gasteiger partial charge is 0.123 e. The molecule has 1 unspecified atom stereocenters. The highest BCUT2D eigenvalue weighted by atomic mass is 16.5. The van der Waals surface area contributed by atoms with Crippen LogP contribution in [0.15, 0.2) is 18.2 Å². The van der Waals surface area contributed by atoms with Gasteiger partial charge >= 0.3 is 0 Å². The molecule has 1 aromatic carbocycles. The van der Waals surface area contributed by atoms with Crippen LogP contribution in [0.4, 0.5) is 0 Å². The first kappa shape index (κ1) is 18.2. The minimum Gasteiger partial charge on any atom is -0.491 e. The van der Waals surface area contributed by atoms with Crippen molar-refractivity contribution in [1.82, 2.24) is 10.2 Å². The molecule has 1 heterocycles. The van der Waals surface area contributed by atoms with Crippen LogP contribution in [0.5, 0.6) is 5.75 Å². The molecule has 0 amide bonds. The molecule has 23 heavy (non-hydrogen) atoms. The van der Waals surface area contributed by atoms with Gasteiger partial charge in [0, 0.05) is 32.7 Å². The summed E-state index contributed by atoms with van der Waals surface area (Å²) in [6.45, 7) is 15.3. The Balaban J connectivity index is 2.18. The Morgan fingerprint density at radius 2 is 1.87 bits per heavy atom. The number of nitrogens with one attached hydrogen (secondary N) is 1. The van der Waals surface area contributed by atoms with Crippen molar-refractivity contribution >= 4 is 0 Å². The van der Waals surface area contributed by atoms with Crippen LogP contribution in [-0.2, 0) is 5.41 Å². The predicted octanol–water partition coefficient (Wildman–Crippen LogP) is 2.71. The quantitative estimate of drug-likeness (QED) is 0.875. The molecule has 1 saturated heterocycles. The summed E-state index contributed by atoms with van der Waals surface area (Å²) in [5, 5.41) is 14.0. The molecule has 0 bridgehead atoms. The number of benzene rings is 1. The third-order valence-electron chi connectivity index (χ3n) is 4.20. The van der Waals surface area contributed by atoms with Crippen molar-refractivity contribution in [3.05, 3.63) is 29.3 Å². The molecule has 1 aromatic rings. The zero-order valence-corrected chi connectivity index (χ0v) is 15.2. The first-order valence-corrected chi connectivity index (χ1v) is 8.69. The van der Waals surface area contributed by atoms with Gasteiger partial charge in [-0.1, -0.05) is 26.8 Å². The summed E-state index contributed by atoms with van der Waals surface area (Å²) >= 11 is 0. The molecule has 130 valence electrons. The van der Waals surface area contributed by atoms with Gasteiger partial charge in [0.15, 0.2) is 0 Å². The van der Waals surface area contributed by atoms with Crippen molar-refractivity contribution in [3.63, 3.8) is 0 Å². The van der Waals surface area contributed by atoms with Gasteiger partial charge in [-0.25, -0.2) is 0 Å². The van der Waals surface area contributed by atoms with E-state index in [1.807, 2.05) is 26.0 Å². The minimum absolute atomic E-state index is 0.0189. The Bertz CT molecular complexity index is 503. The van der Waals surface area contributed by atoms with Gasteiger partial charge in [0.2, 0.25) is 0 Å². The van der Waals surface area contributed by atoms with Crippen molar-refractivity contribution < 1.29 is 9.84 Å². The fourth-order valence-corrected chi connectivity index (χ4v) is 2.94. The van der Waals surface area contributed by atoms with Gasteiger partial charge in [-0.15, -0.1) is 0 Å². The Morgan fingerprint density at radius 3 is 2.43 bits per heavy atom. The second kappa shape index (κ2) is 7.65. The summed E-state index contributed by atoms with van der Waals surface area (Å²) < 4.78 is 5.96. The van der Waals surface area contributed by atoms with Gasteiger partial charge in [-0.3, -0.25) is 4.90 Å². The van der Waals surface area contributed by atoms with Crippen LogP contribution in [-0.4, -0.2) is 48.8 Å². The van der Waals surface area contributed by atoms with Crippen molar-refractivity contribution in [1.29, 1.82) is 0 Å². The maximum absolute atomic E-state index is 10.6. The number of aliphatic hydroxyl groups excluding tert-OH is 1. The lowest BCUT2D eigenvalue weighted by Crippen LogP contribution is -2.44. The molecule has 0 aromatic heterocycles. The van der Waals surface area contributed by atoms with Crippen molar-refractivity contribution in [2.75, 3.05) is 32.7 Å². The molecule has 0 saturated carbocycles. The Kier molecular flexibility index (Phi) is 6.06. The molecule has 2 N–H and O–H groups in total. The van der Waals surface area contributed by atoms with Gasteiger partial charge in [0.25, 0.3) is 0 Å². The van der Waals surface area contributed by atoms with Gasteiger partial charge in [-0.05, 0) is 42.5 Å². The van der Waals surface area contributed by atoms with E-state index in [0.717, 1.165) is 43.1 Å². The van der Waals surface area contributed by atoms with Crippen LogP contribution in [0, 0.1) is 0 Å². The van der Waals surface area contributed by atoms with Crippen LogP contribution < -0.4 is 10.1 Å². The van der Waals surface area contributed by atoms with E-state index in [1.54, 1.807) is 0 Å². The van der Waals surface area contributed by atoms with E-state index in [4.69, 9.17) is 4.74 Å². The summed E-state index contributed by atoms with van der Waals surface area (Å²) in [5.41, 5.74) is 2.11. The van der Waals surface area contributed by atoms with E-state index in [2.05, 4.69) is 37.1 Å². The molecule has 1 atom stereocenters. The number of piperazine rings is 1. The van der Waals surface area contributed by atoms with Crippen molar-refractivity contribution in [2.45, 2.75) is 52.2 Å². The van der Waals surface area contributed by atoms with Crippen LogP contribution in [0.25, 0.3) is 0 Å². The van der Waals surface area contributed by atoms with E-state index >= 15 is 0 Å². The lowest BCUT2D eigenvalue weighted by Gasteiger charge is -2.30. The number of ether oxygens (including phenoxy) is 1. The van der Waals surface area contributed by atoms with Crippen molar-refractivity contribution in [2.24, 2.45) is 0 Å². The standard InChI is InChI=1S/C19H32N2O2/c1-14(2)23-18-7-6-15(12-16(18)19(3,4)5)17(22)13-21-10-8-20-9-11-21/h6-7,12,14,17,20,22H,8-11,13H2,1-5H3. The van der Waals surface area contributed by atoms with E-state index in [0.29, 0.717) is 6.54 Å². The molecule has 4 heteroatoms. The van der Waals surface area contributed by atoms with E-state index in [1.165, 1.54) is 0 Å². The van der Waals surface area contributed by atoms with E-state index in [-0.39, 0.29) is 11.5 Å². The van der Waals surface area contributed by atoms with Crippen LogP contribution >= 0.6 is 0 Å². The lowest BCUT2D eigenvalue weighted by atomic mass is 9.84. The summed E-state index contributed by atoms with van der Waals surface area (Å²) in [4.78, 5) is 2.32. The molecular weight excluding hydrogens is 288 g/mol. The van der Waals surface area contributed by atoms with Crippen LogP contribution in [0.1, 0.15) is 51.8 Å². The molecule has 0 spiro atoms. The summed E-state index contributed by atoms with van der Waals surface area (Å²) in [6.07, 6.45) is -0.310. The van der Waals surface area contributed by atoms with E-state index < -0.39 is 6.10 Å². The zero-order chi connectivity index (χ0) is 17.0. The summed E-state index contributed by atoms with van der Waals surface area (Å²) in [5.74, 6) is 0.922. The Hall–Kier alpha value is -1.10. The van der Waals surface area contributed by atoms with Gasteiger partial charge in [-0.2, -0.15) is 0 Å². The second-order valence-corrected chi connectivity index (χ2v) is 7.74. The average Bonchev–Trinajstić information content (AvgIpc) is 2.47. The Morgan fingerprint density at radius 1 is 1.22 bits per heavy atom. The monoisotopic (exact) mass is 320 g/mol. The number of hydrogen-bond acceptors (Lipinski definition) is 4. The molecule has 0 radical (unpaired) electrons. The largest absolute Gasteiger partial charge is 0.491 e. The lowest BCUT2D eigenvalue weighted by molar-refractivity contribution is 0.105. The topological polar surface area (TPSA) is 44.7 Å². The fourth-order valence-electron chi connectivity index (χ4n) is 2.94. The number of aliphatic hydroxyl groups is 1. The molecule has 1 fully saturated rings. The molecule has 2 rings (SSSR count). The predicted molar refractivity (Wildman–Crippen MR) is 95.2 cm³/mol. The molecule has 4 nitrogen and oxygen atoms in total. The minimum atomic E-state index is -0.456. The normalized spacial score (nSPS) is 18.2. The fraction of sp³-hybridized carbons (Fsp3) is 0.684. The SMILES string of the molecule is CC(C)Oc1ccc(C(O)CN2CCNCC2)cc1C(C)(C)C. The maximum atomic E-state index is 10.6. The van der Waals surface area contributed by atoms with Gasteiger partial charge in [0.05, 0.1) is 12.2 Å². The van der Waals surface area contributed by atoms with Crippen LogP contribution in [0.2, 0.25) is 0 Å². The van der Waals surface area contributed by atoms with Crippen molar-refractivity contribution in [3.8, 4) is 5.75 Å². The number of rotatable bonds is 5. The highest BCUT2D eigenvalue weighted by Crippen LogP contribution is 2.34. The molecule has 1 aliphatic heterocycles. The first-order chi connectivity index (χ1) is 10.8. The number of hydrogen-bond donors (Lipinski definition) is 2. The molecular formula is C19H32N2O2. The number of nitrogens with zero attached hydrogens (tertiary/aromatic N) is 1. The first-order valence-electron chi connectivity index (χ1n) is 8.69. The summed E-state index contributed by atoms with van der Waals surface area (Å²) in [6, 6.07) is 6.13. The van der Waals surface area contributed by atoms with E-state index in [9.17, 15) is 5.11 Å². The molecule has 1 aliphatic rings. The zero-order valence-electron chi connectivity index (χ0n) is 15.2. The average molecular weight is 320 g/mol. The van der Waals surface area contributed by atoms with Crippen LogP contribution in [0.3, 0.4) is 0 Å². The highest BCUT2D eigenvalue weighted by molar-refractivity contribution is 5.42. The second-order valence-electron chi connectivity index (χ2n) is 7.74. The Labute approximate surface area is 140 Å². The molecule has 0 aliphatic carbocycles. The number of β-amino-alcohol motifs (C(OH)–C–C–N with tert-alkyl or cyclic N) is 1. The van der Waals surface area contributed by atoms with Gasteiger partial charge in [0.1, 0.15) is 5.75 Å².